The molecule has 0 saturated heterocycles. The largest absolute Gasteiger partial charge is 0.396 e. The Bertz CT molecular complexity index is 1860. The molecule has 1 heterocycles. The standard InChI is InChI=1S/C31H25NO/c33-19-9-18-32-30-26-16-7-3-12-22(26)20-10-1-5-14-24(20)28(30)29-25-15-6-2-11-21(25)23-13-4-8-17-27(23)31(29)32/h1,3-5,7-8,10-17,33H,2,6,9,18-19H2. The van der Waals surface area contributed by atoms with E-state index in [1.54, 1.807) is 0 Å². The summed E-state index contributed by atoms with van der Waals surface area (Å²) in [6, 6.07) is 26.5. The summed E-state index contributed by atoms with van der Waals surface area (Å²) in [7, 11) is 0. The minimum Gasteiger partial charge on any atom is -0.396 e. The first-order valence-corrected chi connectivity index (χ1v) is 12.0. The molecule has 0 spiro atoms. The fourth-order valence-electron chi connectivity index (χ4n) is 6.11. The van der Waals surface area contributed by atoms with E-state index in [2.05, 4.69) is 89.5 Å². The number of hydrogen-bond donors (Lipinski definition) is 1. The summed E-state index contributed by atoms with van der Waals surface area (Å²) in [5, 5.41) is 23.1. The molecule has 33 heavy (non-hydrogen) atoms. The molecular weight excluding hydrogens is 402 g/mol. The second kappa shape index (κ2) is 7.19. The van der Waals surface area contributed by atoms with E-state index in [0.717, 1.165) is 25.8 Å². The van der Waals surface area contributed by atoms with E-state index in [9.17, 15) is 5.11 Å². The average molecular weight is 428 g/mol. The van der Waals surface area contributed by atoms with E-state index in [1.807, 2.05) is 0 Å². The zero-order valence-electron chi connectivity index (χ0n) is 18.5. The molecule has 0 atom stereocenters. The topological polar surface area (TPSA) is 25.2 Å². The van der Waals surface area contributed by atoms with Gasteiger partial charge in [0.1, 0.15) is 0 Å². The van der Waals surface area contributed by atoms with Crippen LogP contribution in [0.2, 0.25) is 0 Å². The van der Waals surface area contributed by atoms with Gasteiger partial charge in [0.15, 0.2) is 0 Å². The van der Waals surface area contributed by atoms with Crippen LogP contribution in [0.3, 0.4) is 0 Å². The lowest BCUT2D eigenvalue weighted by atomic mass is 9.93. The van der Waals surface area contributed by atoms with Gasteiger partial charge in [-0.2, -0.15) is 0 Å². The zero-order chi connectivity index (χ0) is 21.9. The highest BCUT2D eigenvalue weighted by atomic mass is 16.3. The predicted molar refractivity (Wildman–Crippen MR) is 141 cm³/mol. The van der Waals surface area contributed by atoms with Gasteiger partial charge < -0.3 is 9.67 Å². The van der Waals surface area contributed by atoms with Gasteiger partial charge in [0, 0.05) is 34.7 Å². The van der Waals surface area contributed by atoms with Crippen LogP contribution in [-0.2, 0) is 6.54 Å². The molecule has 1 N–H and O–H groups in total. The maximum absolute atomic E-state index is 9.78. The maximum atomic E-state index is 9.78. The molecule has 0 fully saturated rings. The van der Waals surface area contributed by atoms with E-state index < -0.39 is 0 Å². The van der Waals surface area contributed by atoms with E-state index in [-0.39, 0.29) is 6.61 Å². The Balaban J connectivity index is 1.91. The monoisotopic (exact) mass is 427 g/mol. The first-order valence-electron chi connectivity index (χ1n) is 12.0. The maximum Gasteiger partial charge on any atom is 0.0577 e. The van der Waals surface area contributed by atoms with Crippen LogP contribution in [0, 0.1) is 0 Å². The first-order chi connectivity index (χ1) is 16.4. The van der Waals surface area contributed by atoms with Gasteiger partial charge in [0.2, 0.25) is 0 Å². The Kier molecular flexibility index (Phi) is 4.12. The summed E-state index contributed by atoms with van der Waals surface area (Å²) < 4.78 is 2.50. The van der Waals surface area contributed by atoms with Crippen molar-refractivity contribution in [2.24, 2.45) is 0 Å². The molecule has 0 aliphatic heterocycles. The number of aromatic nitrogens is 1. The molecule has 0 unspecified atom stereocenters. The van der Waals surface area contributed by atoms with E-state index in [0.29, 0.717) is 0 Å². The van der Waals surface area contributed by atoms with Gasteiger partial charge in [0.25, 0.3) is 0 Å². The number of benzene rings is 5. The number of fused-ring (bicyclic) bond motifs is 13. The number of aliphatic hydroxyl groups excluding tert-OH is 1. The molecule has 2 nitrogen and oxygen atoms in total. The Morgan fingerprint density at radius 3 is 1.79 bits per heavy atom. The van der Waals surface area contributed by atoms with E-state index in [4.69, 9.17) is 0 Å². The molecule has 0 saturated carbocycles. The van der Waals surface area contributed by atoms with Crippen LogP contribution in [0.4, 0.5) is 0 Å². The average Bonchev–Trinajstić information content (AvgIpc) is 3.24. The SMILES string of the molecule is OCCCn1c2c3ccccc3c3c(c2c2c4ccccc4c4ccccc4c21)=CCCC=3. The van der Waals surface area contributed by atoms with Crippen molar-refractivity contribution in [3.63, 3.8) is 0 Å². The highest BCUT2D eigenvalue weighted by molar-refractivity contribution is 6.33. The molecule has 7 rings (SSSR count). The third-order valence-electron chi connectivity index (χ3n) is 7.37. The van der Waals surface area contributed by atoms with Crippen molar-refractivity contribution in [1.82, 2.24) is 4.57 Å². The summed E-state index contributed by atoms with van der Waals surface area (Å²) in [6.45, 7) is 0.987. The Morgan fingerprint density at radius 2 is 1.09 bits per heavy atom. The van der Waals surface area contributed by atoms with Crippen LogP contribution in [0.15, 0.2) is 72.8 Å². The fourth-order valence-corrected chi connectivity index (χ4v) is 6.11. The minimum absolute atomic E-state index is 0.190. The molecule has 1 aliphatic rings. The molecule has 0 radical (unpaired) electrons. The second-order valence-electron chi connectivity index (χ2n) is 9.13. The first kappa shape index (κ1) is 18.9. The summed E-state index contributed by atoms with van der Waals surface area (Å²) in [4.78, 5) is 0. The number of rotatable bonds is 3. The molecule has 0 bridgehead atoms. The number of aliphatic hydroxyl groups is 1. The molecule has 5 aromatic carbocycles. The van der Waals surface area contributed by atoms with Crippen LogP contribution in [0.25, 0.3) is 66.3 Å². The summed E-state index contributed by atoms with van der Waals surface area (Å²) in [5.74, 6) is 0. The van der Waals surface area contributed by atoms with Gasteiger partial charge in [-0.25, -0.2) is 0 Å². The van der Waals surface area contributed by atoms with Gasteiger partial charge >= 0.3 is 0 Å². The minimum atomic E-state index is 0.190. The van der Waals surface area contributed by atoms with Gasteiger partial charge in [-0.15, -0.1) is 0 Å². The quantitative estimate of drug-likeness (QED) is 0.345. The third-order valence-corrected chi connectivity index (χ3v) is 7.37. The van der Waals surface area contributed by atoms with Crippen LogP contribution >= 0.6 is 0 Å². The van der Waals surface area contributed by atoms with Gasteiger partial charge in [-0.05, 0) is 51.2 Å². The number of hydrogen-bond acceptors (Lipinski definition) is 1. The molecule has 6 aromatic rings. The van der Waals surface area contributed by atoms with Crippen molar-refractivity contribution in [2.75, 3.05) is 6.61 Å². The lowest BCUT2D eigenvalue weighted by Gasteiger charge is -2.12. The van der Waals surface area contributed by atoms with Crippen LogP contribution < -0.4 is 10.4 Å². The van der Waals surface area contributed by atoms with Crippen LogP contribution in [-0.4, -0.2) is 16.3 Å². The molecule has 2 heteroatoms. The van der Waals surface area contributed by atoms with Crippen molar-refractivity contribution >= 4 is 66.3 Å². The van der Waals surface area contributed by atoms with Gasteiger partial charge in [0.05, 0.1) is 11.0 Å². The Hall–Kier alpha value is -3.62. The molecule has 0 amide bonds. The lowest BCUT2D eigenvalue weighted by Crippen LogP contribution is -2.28. The number of nitrogens with zero attached hydrogens (tertiary/aromatic N) is 1. The molecular formula is C31H25NO. The summed E-state index contributed by atoms with van der Waals surface area (Å²) in [6.07, 6.45) is 7.78. The lowest BCUT2D eigenvalue weighted by molar-refractivity contribution is 0.281. The van der Waals surface area contributed by atoms with Gasteiger partial charge in [-0.1, -0.05) is 84.9 Å². The van der Waals surface area contributed by atoms with Crippen molar-refractivity contribution in [3.8, 4) is 0 Å². The van der Waals surface area contributed by atoms with Crippen LogP contribution in [0.5, 0.6) is 0 Å². The van der Waals surface area contributed by atoms with Crippen molar-refractivity contribution in [2.45, 2.75) is 25.8 Å². The highest BCUT2D eigenvalue weighted by Crippen LogP contribution is 2.41. The van der Waals surface area contributed by atoms with Crippen molar-refractivity contribution in [3.05, 3.63) is 83.2 Å². The van der Waals surface area contributed by atoms with Gasteiger partial charge in [-0.3, -0.25) is 0 Å². The van der Waals surface area contributed by atoms with Crippen molar-refractivity contribution < 1.29 is 5.11 Å². The summed E-state index contributed by atoms with van der Waals surface area (Å²) >= 11 is 0. The van der Waals surface area contributed by atoms with Crippen molar-refractivity contribution in [1.29, 1.82) is 0 Å². The number of aryl methyl sites for hydroxylation is 1. The van der Waals surface area contributed by atoms with E-state index >= 15 is 0 Å². The predicted octanol–water partition coefficient (Wildman–Crippen LogP) is 5.99. The molecule has 1 aromatic heterocycles. The second-order valence-corrected chi connectivity index (χ2v) is 9.13. The molecule has 160 valence electrons. The smallest absolute Gasteiger partial charge is 0.0577 e. The highest BCUT2D eigenvalue weighted by Gasteiger charge is 2.21. The van der Waals surface area contributed by atoms with Crippen LogP contribution in [0.1, 0.15) is 19.3 Å². The zero-order valence-corrected chi connectivity index (χ0v) is 18.5. The van der Waals surface area contributed by atoms with E-state index in [1.165, 1.54) is 64.6 Å². The fraction of sp³-hybridized carbons (Fsp3) is 0.161. The summed E-state index contributed by atoms with van der Waals surface area (Å²) in [5.41, 5.74) is 2.60. The third kappa shape index (κ3) is 2.53. The Labute approximate surface area is 191 Å². The molecule has 1 aliphatic carbocycles. The Morgan fingerprint density at radius 1 is 0.576 bits per heavy atom. The normalized spacial score (nSPS) is 13.6.